The van der Waals surface area contributed by atoms with Crippen LogP contribution in [0, 0.1) is 0 Å². The molecule has 0 bridgehead atoms. The Balaban J connectivity index is 2.10. The van der Waals surface area contributed by atoms with E-state index in [4.69, 9.17) is 0 Å². The van der Waals surface area contributed by atoms with Gasteiger partial charge in [0, 0.05) is 12.4 Å². The molecule has 0 saturated heterocycles. The van der Waals surface area contributed by atoms with E-state index in [1.165, 1.54) is 11.1 Å². The van der Waals surface area contributed by atoms with Gasteiger partial charge in [0.05, 0.1) is 17.1 Å². The molecule has 0 aliphatic carbocycles. The molecule has 1 atom stereocenters. The van der Waals surface area contributed by atoms with Gasteiger partial charge in [-0.25, -0.2) is 0 Å². The van der Waals surface area contributed by atoms with Crippen molar-refractivity contribution in [3.05, 3.63) is 66.5 Å². The van der Waals surface area contributed by atoms with Crippen LogP contribution in [0.5, 0.6) is 0 Å². The highest BCUT2D eigenvalue weighted by atomic mass is 15.0. The Kier molecular flexibility index (Phi) is 2.41. The second-order valence-electron chi connectivity index (χ2n) is 4.22. The first-order valence-electron chi connectivity index (χ1n) is 5.83. The summed E-state index contributed by atoms with van der Waals surface area (Å²) in [5, 5.41) is 0. The van der Waals surface area contributed by atoms with Crippen LogP contribution < -0.4 is 0 Å². The van der Waals surface area contributed by atoms with Crippen LogP contribution in [0.15, 0.2) is 60.9 Å². The van der Waals surface area contributed by atoms with Crippen molar-refractivity contribution in [2.75, 3.05) is 0 Å². The van der Waals surface area contributed by atoms with Crippen molar-refractivity contribution < 1.29 is 0 Å². The van der Waals surface area contributed by atoms with E-state index >= 15 is 0 Å². The molecule has 1 unspecified atom stereocenters. The van der Waals surface area contributed by atoms with Crippen LogP contribution in [0.4, 0.5) is 0 Å². The van der Waals surface area contributed by atoms with Gasteiger partial charge in [-0.3, -0.25) is 4.98 Å². The molecule has 1 aromatic carbocycles. The normalized spacial score (nSPS) is 12.8. The van der Waals surface area contributed by atoms with Crippen LogP contribution >= 0.6 is 0 Å². The fourth-order valence-electron chi connectivity index (χ4n) is 2.22. The highest BCUT2D eigenvalue weighted by Crippen LogP contribution is 2.23. The largest absolute Gasteiger partial charge is 0.339 e. The average molecular weight is 222 g/mol. The maximum Gasteiger partial charge on any atom is 0.0881 e. The van der Waals surface area contributed by atoms with E-state index < -0.39 is 0 Å². The van der Waals surface area contributed by atoms with Gasteiger partial charge in [0.1, 0.15) is 0 Å². The van der Waals surface area contributed by atoms with E-state index in [0.29, 0.717) is 6.04 Å². The molecule has 2 nitrogen and oxygen atoms in total. The van der Waals surface area contributed by atoms with Crippen LogP contribution in [-0.4, -0.2) is 9.55 Å². The van der Waals surface area contributed by atoms with Gasteiger partial charge in [0.25, 0.3) is 0 Å². The molecule has 2 aromatic heterocycles. The Morgan fingerprint density at radius 3 is 2.65 bits per heavy atom. The van der Waals surface area contributed by atoms with Gasteiger partial charge in [0.15, 0.2) is 0 Å². The standard InChI is InChI=1S/C15H14N2/c1-12(13-6-3-2-4-7-13)17-11-9-14-15(17)8-5-10-16-14/h2-12H,1H3. The van der Waals surface area contributed by atoms with Gasteiger partial charge >= 0.3 is 0 Å². The predicted molar refractivity (Wildman–Crippen MR) is 70.0 cm³/mol. The van der Waals surface area contributed by atoms with E-state index in [2.05, 4.69) is 59.1 Å². The number of benzene rings is 1. The van der Waals surface area contributed by atoms with Crippen LogP contribution in [0.1, 0.15) is 18.5 Å². The molecular formula is C15H14N2. The van der Waals surface area contributed by atoms with Crippen LogP contribution in [0.2, 0.25) is 0 Å². The van der Waals surface area contributed by atoms with E-state index in [0.717, 1.165) is 5.52 Å². The fraction of sp³-hybridized carbons (Fsp3) is 0.133. The van der Waals surface area contributed by atoms with Crippen molar-refractivity contribution in [2.24, 2.45) is 0 Å². The molecule has 84 valence electrons. The highest BCUT2D eigenvalue weighted by molar-refractivity contribution is 5.75. The Bertz CT molecular complexity index is 625. The molecule has 0 amide bonds. The molecule has 17 heavy (non-hydrogen) atoms. The van der Waals surface area contributed by atoms with Crippen molar-refractivity contribution in [2.45, 2.75) is 13.0 Å². The lowest BCUT2D eigenvalue weighted by atomic mass is 10.1. The number of pyridine rings is 1. The summed E-state index contributed by atoms with van der Waals surface area (Å²) in [7, 11) is 0. The summed E-state index contributed by atoms with van der Waals surface area (Å²) in [5.74, 6) is 0. The monoisotopic (exact) mass is 222 g/mol. The fourth-order valence-corrected chi connectivity index (χ4v) is 2.22. The van der Waals surface area contributed by atoms with Gasteiger partial charge in [-0.2, -0.15) is 0 Å². The molecule has 0 spiro atoms. The van der Waals surface area contributed by atoms with Crippen LogP contribution in [0.25, 0.3) is 11.0 Å². The Hall–Kier alpha value is -2.09. The van der Waals surface area contributed by atoms with Gasteiger partial charge in [-0.05, 0) is 30.7 Å². The van der Waals surface area contributed by atoms with Crippen molar-refractivity contribution in [3.8, 4) is 0 Å². The summed E-state index contributed by atoms with van der Waals surface area (Å²) in [5.41, 5.74) is 3.55. The minimum absolute atomic E-state index is 0.331. The average Bonchev–Trinajstić information content (AvgIpc) is 2.83. The first-order chi connectivity index (χ1) is 8.36. The topological polar surface area (TPSA) is 17.8 Å². The SMILES string of the molecule is CC(c1ccccc1)n1ccc2ncccc21. The summed E-state index contributed by atoms with van der Waals surface area (Å²) in [6, 6.07) is 17.0. The lowest BCUT2D eigenvalue weighted by Gasteiger charge is -2.15. The van der Waals surface area contributed by atoms with Crippen molar-refractivity contribution in [1.29, 1.82) is 0 Å². The Morgan fingerprint density at radius 2 is 1.82 bits per heavy atom. The highest BCUT2D eigenvalue weighted by Gasteiger charge is 2.09. The number of rotatable bonds is 2. The van der Waals surface area contributed by atoms with E-state index in [1.807, 2.05) is 18.3 Å². The molecule has 0 aliphatic heterocycles. The predicted octanol–water partition coefficient (Wildman–Crippen LogP) is 3.65. The zero-order chi connectivity index (χ0) is 11.7. The van der Waals surface area contributed by atoms with Gasteiger partial charge in [0.2, 0.25) is 0 Å². The van der Waals surface area contributed by atoms with Crippen molar-refractivity contribution in [1.82, 2.24) is 9.55 Å². The van der Waals surface area contributed by atoms with Crippen LogP contribution in [0.3, 0.4) is 0 Å². The number of nitrogens with zero attached hydrogens (tertiary/aromatic N) is 2. The maximum atomic E-state index is 4.36. The van der Waals surface area contributed by atoms with Gasteiger partial charge in [-0.15, -0.1) is 0 Å². The van der Waals surface area contributed by atoms with Crippen molar-refractivity contribution >= 4 is 11.0 Å². The lowest BCUT2D eigenvalue weighted by molar-refractivity contribution is 0.664. The minimum Gasteiger partial charge on any atom is -0.339 e. The zero-order valence-corrected chi connectivity index (χ0v) is 9.75. The quantitative estimate of drug-likeness (QED) is 0.647. The molecular weight excluding hydrogens is 208 g/mol. The number of hydrogen-bond donors (Lipinski definition) is 0. The molecule has 2 heteroatoms. The summed E-state index contributed by atoms with van der Waals surface area (Å²) in [6.45, 7) is 2.21. The second-order valence-corrected chi connectivity index (χ2v) is 4.22. The zero-order valence-electron chi connectivity index (χ0n) is 9.75. The number of hydrogen-bond acceptors (Lipinski definition) is 1. The third kappa shape index (κ3) is 1.72. The maximum absolute atomic E-state index is 4.36. The lowest BCUT2D eigenvalue weighted by Crippen LogP contribution is -2.04. The molecule has 0 aliphatic rings. The molecule has 0 radical (unpaired) electrons. The molecule has 3 rings (SSSR count). The summed E-state index contributed by atoms with van der Waals surface area (Å²) in [4.78, 5) is 4.36. The minimum atomic E-state index is 0.331. The Morgan fingerprint density at radius 1 is 1.00 bits per heavy atom. The second kappa shape index (κ2) is 4.06. The molecule has 3 aromatic rings. The molecule has 0 N–H and O–H groups in total. The summed E-state index contributed by atoms with van der Waals surface area (Å²) < 4.78 is 2.26. The van der Waals surface area contributed by atoms with E-state index in [1.54, 1.807) is 0 Å². The Labute approximate surface area is 101 Å². The third-order valence-electron chi connectivity index (χ3n) is 3.19. The summed E-state index contributed by atoms with van der Waals surface area (Å²) in [6.07, 6.45) is 3.94. The van der Waals surface area contributed by atoms with Crippen LogP contribution in [-0.2, 0) is 0 Å². The van der Waals surface area contributed by atoms with Crippen molar-refractivity contribution in [3.63, 3.8) is 0 Å². The van der Waals surface area contributed by atoms with Gasteiger partial charge < -0.3 is 4.57 Å². The van der Waals surface area contributed by atoms with E-state index in [9.17, 15) is 0 Å². The number of aromatic nitrogens is 2. The molecule has 0 fully saturated rings. The third-order valence-corrected chi connectivity index (χ3v) is 3.19. The van der Waals surface area contributed by atoms with E-state index in [-0.39, 0.29) is 0 Å². The van der Waals surface area contributed by atoms with Gasteiger partial charge in [-0.1, -0.05) is 30.3 Å². The first kappa shape index (κ1) is 10.1. The smallest absolute Gasteiger partial charge is 0.0881 e. The number of fused-ring (bicyclic) bond motifs is 1. The molecule has 0 saturated carbocycles. The molecule has 2 heterocycles. The first-order valence-corrected chi connectivity index (χ1v) is 5.83. The summed E-state index contributed by atoms with van der Waals surface area (Å²) >= 11 is 0.